The zero-order valence-corrected chi connectivity index (χ0v) is 19.5. The number of nitrogens with zero attached hydrogens (tertiary/aromatic N) is 2. The van der Waals surface area contributed by atoms with Crippen molar-refractivity contribution < 1.29 is 18.6 Å². The number of rotatable bonds is 8. The van der Waals surface area contributed by atoms with Crippen molar-refractivity contribution in [3.8, 4) is 11.5 Å². The molecule has 1 spiro atoms. The van der Waals surface area contributed by atoms with E-state index in [0.717, 1.165) is 49.6 Å². The van der Waals surface area contributed by atoms with Gasteiger partial charge < -0.3 is 14.2 Å². The lowest BCUT2D eigenvalue weighted by molar-refractivity contribution is 0.0857. The van der Waals surface area contributed by atoms with Gasteiger partial charge in [-0.05, 0) is 73.7 Å². The van der Waals surface area contributed by atoms with Gasteiger partial charge in [0, 0.05) is 44.4 Å². The summed E-state index contributed by atoms with van der Waals surface area (Å²) >= 11 is 0. The maximum Gasteiger partial charge on any atom is 0.127 e. The molecule has 0 amide bonds. The summed E-state index contributed by atoms with van der Waals surface area (Å²) < 4.78 is 30.5. The molecule has 174 valence electrons. The number of ether oxygens (including phenoxy) is 3. The van der Waals surface area contributed by atoms with Crippen molar-refractivity contribution in [3.63, 3.8) is 0 Å². The van der Waals surface area contributed by atoms with E-state index >= 15 is 0 Å². The molecule has 2 aliphatic rings. The summed E-state index contributed by atoms with van der Waals surface area (Å²) in [6, 6.07) is 11.4. The SMILES string of the molecule is COCc1cc(CN2CC[C@]3(CCCN(Cc4cc(OC)ccc4F)C3)C2)ccc1OC. The second kappa shape index (κ2) is 10.2. The lowest BCUT2D eigenvalue weighted by atomic mass is 9.79. The van der Waals surface area contributed by atoms with E-state index in [9.17, 15) is 4.39 Å². The van der Waals surface area contributed by atoms with Crippen molar-refractivity contribution in [1.29, 1.82) is 0 Å². The number of piperidine rings is 1. The topological polar surface area (TPSA) is 34.2 Å². The molecule has 2 aliphatic heterocycles. The van der Waals surface area contributed by atoms with Gasteiger partial charge in [-0.1, -0.05) is 6.07 Å². The largest absolute Gasteiger partial charge is 0.497 e. The van der Waals surface area contributed by atoms with Gasteiger partial charge in [0.2, 0.25) is 0 Å². The third-order valence-electron chi connectivity index (χ3n) is 6.96. The van der Waals surface area contributed by atoms with Crippen LogP contribution in [0.1, 0.15) is 36.0 Å². The third-order valence-corrected chi connectivity index (χ3v) is 6.96. The number of halogens is 1. The lowest BCUT2D eigenvalue weighted by Gasteiger charge is -2.40. The van der Waals surface area contributed by atoms with Crippen molar-refractivity contribution in [1.82, 2.24) is 9.80 Å². The highest BCUT2D eigenvalue weighted by molar-refractivity contribution is 5.37. The summed E-state index contributed by atoms with van der Waals surface area (Å²) in [6.45, 7) is 6.38. The maximum absolute atomic E-state index is 14.4. The fraction of sp³-hybridized carbons (Fsp3) is 0.538. The van der Waals surface area contributed by atoms with Gasteiger partial charge in [0.1, 0.15) is 17.3 Å². The van der Waals surface area contributed by atoms with Crippen LogP contribution in [-0.4, -0.2) is 57.3 Å². The van der Waals surface area contributed by atoms with Crippen molar-refractivity contribution >= 4 is 0 Å². The molecule has 2 aromatic carbocycles. The van der Waals surface area contributed by atoms with Gasteiger partial charge in [0.05, 0.1) is 20.8 Å². The van der Waals surface area contributed by atoms with Crippen LogP contribution in [-0.2, 0) is 24.4 Å². The summed E-state index contributed by atoms with van der Waals surface area (Å²) in [4.78, 5) is 4.99. The van der Waals surface area contributed by atoms with Crippen molar-refractivity contribution in [2.75, 3.05) is 47.5 Å². The molecule has 4 rings (SSSR count). The molecule has 5 nitrogen and oxygen atoms in total. The molecule has 32 heavy (non-hydrogen) atoms. The second-order valence-corrected chi connectivity index (χ2v) is 9.31. The molecule has 1 atom stereocenters. The van der Waals surface area contributed by atoms with E-state index in [4.69, 9.17) is 14.2 Å². The monoisotopic (exact) mass is 442 g/mol. The maximum atomic E-state index is 14.4. The van der Waals surface area contributed by atoms with Crippen LogP contribution in [0, 0.1) is 11.2 Å². The Labute approximate surface area is 191 Å². The van der Waals surface area contributed by atoms with Gasteiger partial charge in [-0.3, -0.25) is 9.80 Å². The Morgan fingerprint density at radius 3 is 2.44 bits per heavy atom. The molecular weight excluding hydrogens is 407 g/mol. The molecule has 2 saturated heterocycles. The van der Waals surface area contributed by atoms with E-state index in [1.807, 2.05) is 12.1 Å². The molecule has 0 radical (unpaired) electrons. The molecule has 0 aromatic heterocycles. The Morgan fingerprint density at radius 1 is 0.875 bits per heavy atom. The van der Waals surface area contributed by atoms with Crippen LogP contribution < -0.4 is 9.47 Å². The Kier molecular flexibility index (Phi) is 7.33. The highest BCUT2D eigenvalue weighted by atomic mass is 19.1. The van der Waals surface area contributed by atoms with Crippen LogP contribution in [0.5, 0.6) is 11.5 Å². The zero-order chi connectivity index (χ0) is 22.6. The standard InChI is InChI=1S/C26H35FN2O3/c1-30-17-22-13-20(5-8-25(22)32-3)15-29-12-10-26(19-29)9-4-11-28(18-26)16-21-14-23(31-2)6-7-24(21)27/h5-8,13-14H,4,9-12,15-19H2,1-3H3/t26-/m0/s1. The summed E-state index contributed by atoms with van der Waals surface area (Å²) in [7, 11) is 5.04. The minimum atomic E-state index is -0.148. The first-order chi connectivity index (χ1) is 15.5. The molecule has 2 heterocycles. The average Bonchev–Trinajstić information content (AvgIpc) is 3.17. The fourth-order valence-corrected chi connectivity index (χ4v) is 5.44. The quantitative estimate of drug-likeness (QED) is 0.602. The van der Waals surface area contributed by atoms with Crippen LogP contribution in [0.2, 0.25) is 0 Å². The van der Waals surface area contributed by atoms with Crippen molar-refractivity contribution in [2.24, 2.45) is 5.41 Å². The van der Waals surface area contributed by atoms with Crippen LogP contribution in [0.25, 0.3) is 0 Å². The molecule has 0 N–H and O–H groups in total. The molecule has 2 aromatic rings. The van der Waals surface area contributed by atoms with E-state index in [2.05, 4.69) is 21.9 Å². The van der Waals surface area contributed by atoms with E-state index in [-0.39, 0.29) is 5.82 Å². The summed E-state index contributed by atoms with van der Waals surface area (Å²) in [6.07, 6.45) is 3.61. The second-order valence-electron chi connectivity index (χ2n) is 9.31. The normalized spacial score (nSPS) is 21.9. The molecule has 0 aliphatic carbocycles. The zero-order valence-electron chi connectivity index (χ0n) is 19.5. The lowest BCUT2D eigenvalue weighted by Crippen LogP contribution is -2.44. The van der Waals surface area contributed by atoms with Crippen molar-refractivity contribution in [2.45, 2.75) is 39.0 Å². The number of hydrogen-bond donors (Lipinski definition) is 0. The molecule has 0 saturated carbocycles. The van der Waals surface area contributed by atoms with E-state index in [1.165, 1.54) is 30.9 Å². The number of methoxy groups -OCH3 is 3. The van der Waals surface area contributed by atoms with Gasteiger partial charge >= 0.3 is 0 Å². The average molecular weight is 443 g/mol. The van der Waals surface area contributed by atoms with E-state index in [0.29, 0.717) is 24.3 Å². The van der Waals surface area contributed by atoms with Crippen LogP contribution in [0.4, 0.5) is 4.39 Å². The highest BCUT2D eigenvalue weighted by Crippen LogP contribution is 2.40. The minimum Gasteiger partial charge on any atom is -0.497 e. The number of likely N-dealkylation sites (tertiary alicyclic amines) is 2. The van der Waals surface area contributed by atoms with Gasteiger partial charge in [0.25, 0.3) is 0 Å². The number of hydrogen-bond acceptors (Lipinski definition) is 5. The highest BCUT2D eigenvalue weighted by Gasteiger charge is 2.41. The van der Waals surface area contributed by atoms with Gasteiger partial charge in [0.15, 0.2) is 0 Å². The first-order valence-electron chi connectivity index (χ1n) is 11.5. The first-order valence-corrected chi connectivity index (χ1v) is 11.5. The summed E-state index contributed by atoms with van der Waals surface area (Å²) in [5.41, 5.74) is 3.40. The predicted molar refractivity (Wildman–Crippen MR) is 123 cm³/mol. The van der Waals surface area contributed by atoms with Crippen LogP contribution >= 0.6 is 0 Å². The Bertz CT molecular complexity index is 922. The van der Waals surface area contributed by atoms with Crippen molar-refractivity contribution in [3.05, 3.63) is 58.9 Å². The van der Waals surface area contributed by atoms with Gasteiger partial charge in [-0.2, -0.15) is 0 Å². The predicted octanol–water partition coefficient (Wildman–Crippen LogP) is 4.48. The van der Waals surface area contributed by atoms with Gasteiger partial charge in [-0.15, -0.1) is 0 Å². The van der Waals surface area contributed by atoms with Crippen LogP contribution in [0.15, 0.2) is 36.4 Å². The molecule has 2 fully saturated rings. The van der Waals surface area contributed by atoms with Gasteiger partial charge in [-0.25, -0.2) is 4.39 Å². The summed E-state index contributed by atoms with van der Waals surface area (Å²) in [5.74, 6) is 1.44. The minimum absolute atomic E-state index is 0.148. The molecule has 0 bridgehead atoms. The van der Waals surface area contributed by atoms with Crippen LogP contribution in [0.3, 0.4) is 0 Å². The van der Waals surface area contributed by atoms with E-state index in [1.54, 1.807) is 27.4 Å². The Balaban J connectivity index is 1.39. The Morgan fingerprint density at radius 2 is 1.69 bits per heavy atom. The number of benzene rings is 2. The molecular formula is C26H35FN2O3. The fourth-order valence-electron chi connectivity index (χ4n) is 5.44. The third kappa shape index (κ3) is 5.25. The molecule has 6 heteroatoms. The van der Waals surface area contributed by atoms with E-state index < -0.39 is 0 Å². The smallest absolute Gasteiger partial charge is 0.127 e. The first kappa shape index (κ1) is 23.0. The Hall–Kier alpha value is -2.15. The summed E-state index contributed by atoms with van der Waals surface area (Å²) in [5, 5.41) is 0. The molecule has 0 unspecified atom stereocenters.